The molecule has 0 N–H and O–H groups in total. The van der Waals surface area contributed by atoms with Gasteiger partial charge in [-0.05, 0) is 6.07 Å². The first-order valence-corrected chi connectivity index (χ1v) is 15.1. The normalized spacial score (nSPS) is 13.4. The van der Waals surface area contributed by atoms with Crippen molar-refractivity contribution in [3.05, 3.63) is 24.3 Å². The lowest BCUT2D eigenvalue weighted by Gasteiger charge is -2.11. The Labute approximate surface area is 148 Å². The van der Waals surface area contributed by atoms with Crippen LogP contribution in [-0.2, 0) is 24.8 Å². The van der Waals surface area contributed by atoms with E-state index in [4.69, 9.17) is 0 Å². The molecule has 2 rings (SSSR count). The van der Waals surface area contributed by atoms with E-state index in [0.717, 1.165) is 0 Å². The van der Waals surface area contributed by atoms with Crippen molar-refractivity contribution >= 4 is 80.2 Å². The molecule has 0 atom stereocenters. The van der Waals surface area contributed by atoms with Crippen LogP contribution in [-0.4, -0.2) is 30.2 Å². The van der Waals surface area contributed by atoms with Crippen LogP contribution in [0.3, 0.4) is 0 Å². The van der Waals surface area contributed by atoms with Crippen LogP contribution < -0.4 is 0 Å². The van der Waals surface area contributed by atoms with E-state index in [9.17, 15) is 25.3 Å². The third kappa shape index (κ3) is 3.53. The summed E-state index contributed by atoms with van der Waals surface area (Å²) in [6, 6.07) is 5.66. The third-order valence-electron chi connectivity index (χ3n) is 2.49. The molecule has 0 fully saturated rings. The highest BCUT2D eigenvalue weighted by molar-refractivity contribution is 9.48. The van der Waals surface area contributed by atoms with E-state index in [0.29, 0.717) is 0 Å². The molecule has 0 saturated carbocycles. The van der Waals surface area contributed by atoms with Gasteiger partial charge in [-0.2, -0.15) is 0 Å². The number of fused-ring (bicyclic) bond motifs is 1. The van der Waals surface area contributed by atoms with E-state index >= 15 is 0 Å². The second-order valence-electron chi connectivity index (χ2n) is 3.91. The van der Waals surface area contributed by atoms with Crippen LogP contribution in [0.25, 0.3) is 10.9 Å². The minimum atomic E-state index is -4.39. The number of halogens is 3. The first-order valence-electron chi connectivity index (χ1n) is 5.10. The van der Waals surface area contributed by atoms with Gasteiger partial charge in [0.25, 0.3) is 8.27 Å². The molecule has 0 aliphatic carbocycles. The number of hydrogen-bond donors (Lipinski definition) is 0. The maximum absolute atomic E-state index is 12.0. The molecule has 7 nitrogen and oxygen atoms in total. The fourth-order valence-electron chi connectivity index (χ4n) is 1.77. The monoisotopic (exact) mass is 555 g/mol. The Morgan fingerprint density at radius 3 is 1.68 bits per heavy atom. The van der Waals surface area contributed by atoms with Gasteiger partial charge in [-0.1, -0.05) is 18.2 Å². The van der Waals surface area contributed by atoms with E-state index in [1.165, 1.54) is 24.3 Å². The molecule has 22 heavy (non-hydrogen) atoms. The Morgan fingerprint density at radius 1 is 0.727 bits per heavy atom. The number of pyridine rings is 1. The minimum Gasteiger partial charge on any atom is -0.234 e. The first kappa shape index (κ1) is 18.3. The Balaban J connectivity index is 3.32. The summed E-state index contributed by atoms with van der Waals surface area (Å²) in [6.07, 6.45) is 0. The van der Waals surface area contributed by atoms with Crippen molar-refractivity contribution in [1.29, 1.82) is 0 Å². The molecule has 1 aromatic heterocycles. The second kappa shape index (κ2) is 5.77. The molecule has 0 spiro atoms. The summed E-state index contributed by atoms with van der Waals surface area (Å²) >= 11 is 7.05. The van der Waals surface area contributed by atoms with Gasteiger partial charge < -0.3 is 0 Å². The van der Waals surface area contributed by atoms with Crippen LogP contribution in [0.1, 0.15) is 0 Å². The predicted octanol–water partition coefficient (Wildman–Crippen LogP) is 2.49. The van der Waals surface area contributed by atoms with Crippen molar-refractivity contribution in [2.75, 3.05) is 0 Å². The van der Waals surface area contributed by atoms with E-state index in [1.807, 2.05) is 0 Å². The Hall–Kier alpha value is -0.0800. The average molecular weight is 558 g/mol. The average Bonchev–Trinajstić information content (AvgIpc) is 2.33. The molecule has 0 aliphatic heterocycles. The molecule has 0 saturated heterocycles. The maximum atomic E-state index is 12.0. The molecular formula is C9H4Br3NO6S3. The molecule has 0 unspecified atom stereocenters. The van der Waals surface area contributed by atoms with Gasteiger partial charge in [0.2, 0.25) is 16.5 Å². The summed E-state index contributed by atoms with van der Waals surface area (Å²) in [4.78, 5) is 2.10. The van der Waals surface area contributed by atoms with Gasteiger partial charge in [-0.15, -0.1) is 0 Å². The fraction of sp³-hybridized carbons (Fsp3) is 0. The molecule has 1 heterocycles. The van der Waals surface area contributed by atoms with Gasteiger partial charge in [-0.25, -0.2) is 30.2 Å². The van der Waals surface area contributed by atoms with Crippen molar-refractivity contribution in [1.82, 2.24) is 4.98 Å². The fourth-order valence-corrected chi connectivity index (χ4v) is 8.96. The zero-order valence-corrected chi connectivity index (χ0v) is 17.3. The van der Waals surface area contributed by atoms with E-state index in [1.54, 1.807) is 0 Å². The Kier molecular flexibility index (Phi) is 4.79. The van der Waals surface area contributed by atoms with E-state index in [2.05, 4.69) is 49.4 Å². The number of nitrogens with zero attached hydrogens (tertiary/aromatic N) is 1. The highest BCUT2D eigenvalue weighted by atomic mass is 79.9. The van der Waals surface area contributed by atoms with Crippen molar-refractivity contribution in [3.63, 3.8) is 0 Å². The number of aromatic nitrogens is 1. The van der Waals surface area contributed by atoms with Crippen LogP contribution in [0.4, 0.5) is 0 Å². The molecular weight excluding hydrogens is 554 g/mol. The Morgan fingerprint density at radius 2 is 1.23 bits per heavy atom. The molecule has 13 heteroatoms. The van der Waals surface area contributed by atoms with Gasteiger partial charge in [0.1, 0.15) is 9.79 Å². The summed E-state index contributed by atoms with van der Waals surface area (Å²) in [6.45, 7) is 0. The number of benzene rings is 1. The Bertz CT molecular complexity index is 1090. The molecule has 0 radical (unpaired) electrons. The lowest BCUT2D eigenvalue weighted by atomic mass is 10.2. The molecule has 0 amide bonds. The summed E-state index contributed by atoms with van der Waals surface area (Å²) < 4.78 is 71.4. The van der Waals surface area contributed by atoms with Crippen molar-refractivity contribution in [2.45, 2.75) is 14.8 Å². The lowest BCUT2D eigenvalue weighted by Crippen LogP contribution is -2.10. The van der Waals surface area contributed by atoms with Gasteiger partial charge in [0.05, 0.1) is 50.0 Å². The van der Waals surface area contributed by atoms with Gasteiger partial charge >= 0.3 is 0 Å². The number of para-hydroxylation sites is 1. The van der Waals surface area contributed by atoms with Crippen molar-refractivity contribution in [3.8, 4) is 0 Å². The van der Waals surface area contributed by atoms with Gasteiger partial charge in [-0.3, -0.25) is 0 Å². The maximum Gasteiger partial charge on any atom is 0.256 e. The largest absolute Gasteiger partial charge is 0.256 e. The molecule has 2 aromatic rings. The van der Waals surface area contributed by atoms with Crippen LogP contribution >= 0.6 is 44.4 Å². The summed E-state index contributed by atoms with van der Waals surface area (Å²) in [5.41, 5.74) is 0.0125. The zero-order valence-electron chi connectivity index (χ0n) is 10.1. The highest BCUT2D eigenvalue weighted by Crippen LogP contribution is 2.39. The van der Waals surface area contributed by atoms with E-state index in [-0.39, 0.29) is 10.9 Å². The topological polar surface area (TPSA) is 115 Å². The van der Waals surface area contributed by atoms with Crippen LogP contribution in [0, 0.1) is 0 Å². The summed E-state index contributed by atoms with van der Waals surface area (Å²) in [5, 5.41) is -0.946. The predicted molar refractivity (Wildman–Crippen MR) is 90.1 cm³/mol. The van der Waals surface area contributed by atoms with Crippen LogP contribution in [0.2, 0.25) is 0 Å². The molecule has 120 valence electrons. The second-order valence-corrected chi connectivity index (χ2v) is 15.4. The van der Waals surface area contributed by atoms with E-state index < -0.39 is 39.6 Å². The smallest absolute Gasteiger partial charge is 0.234 e. The first-order chi connectivity index (χ1) is 9.83. The summed E-state index contributed by atoms with van der Waals surface area (Å²) in [7, 11) is -12.9. The molecule has 0 aliphatic rings. The number of rotatable bonds is 3. The standard InChI is InChI=1S/C9H4Br3NO6S3/c10-20(14,15)7-5-3-1-2-4-6(5)13-9(22(12,18)19)8(7)21(11,16)17/h1-4H. The summed E-state index contributed by atoms with van der Waals surface area (Å²) in [5.74, 6) is 0. The van der Waals surface area contributed by atoms with Crippen LogP contribution in [0.15, 0.2) is 39.1 Å². The molecule has 0 bridgehead atoms. The van der Waals surface area contributed by atoms with Crippen LogP contribution in [0.5, 0.6) is 0 Å². The third-order valence-corrected chi connectivity index (χ3v) is 8.16. The van der Waals surface area contributed by atoms with Crippen molar-refractivity contribution < 1.29 is 25.3 Å². The number of hydrogen-bond acceptors (Lipinski definition) is 7. The zero-order chi connectivity index (χ0) is 16.9. The molecule has 1 aromatic carbocycles. The SMILES string of the molecule is O=S(=O)(Br)c1nc2ccccc2c(S(=O)(=O)Br)c1S(=O)(=O)Br. The van der Waals surface area contributed by atoms with Gasteiger partial charge in [0, 0.05) is 5.39 Å². The van der Waals surface area contributed by atoms with Gasteiger partial charge in [0.15, 0.2) is 5.03 Å². The lowest BCUT2D eigenvalue weighted by molar-refractivity contribution is 0.588. The quantitative estimate of drug-likeness (QED) is 0.532. The minimum absolute atomic E-state index is 0.0125. The highest BCUT2D eigenvalue weighted by Gasteiger charge is 2.34. The van der Waals surface area contributed by atoms with Crippen molar-refractivity contribution in [2.24, 2.45) is 0 Å².